The fraction of sp³-hybridized carbons (Fsp3) is 0.562. The highest BCUT2D eigenvalue weighted by Gasteiger charge is 2.15. The van der Waals surface area contributed by atoms with Crippen molar-refractivity contribution >= 4 is 11.8 Å². The van der Waals surface area contributed by atoms with Crippen molar-refractivity contribution in [2.75, 3.05) is 32.1 Å². The van der Waals surface area contributed by atoms with Gasteiger partial charge in [-0.1, -0.05) is 12.1 Å². The molecule has 0 aromatic heterocycles. The molecule has 0 fully saturated rings. The molecule has 0 atom stereocenters. The highest BCUT2D eigenvalue weighted by molar-refractivity contribution is 5.67. The van der Waals surface area contributed by atoms with Gasteiger partial charge < -0.3 is 20.3 Å². The van der Waals surface area contributed by atoms with Crippen molar-refractivity contribution in [1.29, 1.82) is 0 Å². The molecule has 118 valence electrons. The molecule has 0 unspecified atom stereocenters. The maximum atomic E-state index is 11.4. The summed E-state index contributed by atoms with van der Waals surface area (Å²) < 4.78 is 5.16. The Morgan fingerprint density at radius 2 is 1.76 bits per heavy atom. The average Bonchev–Trinajstić information content (AvgIpc) is 2.36. The van der Waals surface area contributed by atoms with Gasteiger partial charge in [-0.2, -0.15) is 0 Å². The monoisotopic (exact) mass is 293 g/mol. The number of rotatable bonds is 6. The van der Waals surface area contributed by atoms with Crippen LogP contribution in [0.25, 0.3) is 0 Å². The van der Waals surface area contributed by atoms with Crippen LogP contribution in [-0.2, 0) is 11.3 Å². The average molecular weight is 293 g/mol. The summed E-state index contributed by atoms with van der Waals surface area (Å²) in [5, 5.41) is 6.00. The Labute approximate surface area is 127 Å². The van der Waals surface area contributed by atoms with Crippen molar-refractivity contribution < 1.29 is 9.53 Å². The number of carbonyl (C=O) groups excluding carboxylic acids is 1. The van der Waals surface area contributed by atoms with Gasteiger partial charge in [0.2, 0.25) is 0 Å². The van der Waals surface area contributed by atoms with Gasteiger partial charge in [-0.3, -0.25) is 0 Å². The van der Waals surface area contributed by atoms with Crippen molar-refractivity contribution in [3.8, 4) is 0 Å². The van der Waals surface area contributed by atoms with Gasteiger partial charge in [0.05, 0.1) is 0 Å². The lowest BCUT2D eigenvalue weighted by Crippen LogP contribution is -2.36. The lowest BCUT2D eigenvalue weighted by molar-refractivity contribution is 0.0528. The quantitative estimate of drug-likeness (QED) is 0.791. The van der Waals surface area contributed by atoms with Gasteiger partial charge in [-0.05, 0) is 38.5 Å². The minimum absolute atomic E-state index is 0.375. The number of hydrogen-bond acceptors (Lipinski definition) is 4. The summed E-state index contributed by atoms with van der Waals surface area (Å²) in [6.45, 7) is 7.58. The number of alkyl carbamates (subject to hydrolysis) is 1. The molecular weight excluding hydrogens is 266 g/mol. The van der Waals surface area contributed by atoms with Gasteiger partial charge in [0, 0.05) is 39.4 Å². The van der Waals surface area contributed by atoms with E-state index in [2.05, 4.69) is 39.8 Å². The van der Waals surface area contributed by atoms with Crippen LogP contribution in [0.5, 0.6) is 0 Å². The number of amides is 1. The van der Waals surface area contributed by atoms with Crippen molar-refractivity contribution in [3.63, 3.8) is 0 Å². The van der Waals surface area contributed by atoms with Crippen molar-refractivity contribution in [2.24, 2.45) is 0 Å². The number of nitrogens with zero attached hydrogens (tertiary/aromatic N) is 1. The summed E-state index contributed by atoms with van der Waals surface area (Å²) in [5.41, 5.74) is 1.95. The molecule has 0 spiro atoms. The number of hydrogen-bond donors (Lipinski definition) is 2. The van der Waals surface area contributed by atoms with Crippen molar-refractivity contribution in [1.82, 2.24) is 10.6 Å². The van der Waals surface area contributed by atoms with Gasteiger partial charge in [0.1, 0.15) is 5.60 Å². The van der Waals surface area contributed by atoms with Gasteiger partial charge >= 0.3 is 6.09 Å². The Morgan fingerprint density at radius 3 is 2.29 bits per heavy atom. The van der Waals surface area contributed by atoms with E-state index in [0.29, 0.717) is 13.1 Å². The summed E-state index contributed by atoms with van der Waals surface area (Å²) in [5.74, 6) is 0. The van der Waals surface area contributed by atoms with E-state index in [1.165, 1.54) is 11.3 Å². The molecule has 21 heavy (non-hydrogen) atoms. The first kappa shape index (κ1) is 17.3. The maximum Gasteiger partial charge on any atom is 0.407 e. The second-order valence-corrected chi connectivity index (χ2v) is 6.17. The van der Waals surface area contributed by atoms with Crippen LogP contribution in [0.3, 0.4) is 0 Å². The van der Waals surface area contributed by atoms with Gasteiger partial charge in [0.15, 0.2) is 0 Å². The third kappa shape index (κ3) is 7.56. The van der Waals surface area contributed by atoms with E-state index in [-0.39, 0.29) is 6.09 Å². The second kappa shape index (κ2) is 7.88. The molecule has 0 aliphatic rings. The molecule has 0 aliphatic carbocycles. The van der Waals surface area contributed by atoms with Crippen LogP contribution in [0.4, 0.5) is 10.5 Å². The van der Waals surface area contributed by atoms with E-state index in [9.17, 15) is 4.79 Å². The van der Waals surface area contributed by atoms with Crippen LogP contribution in [0, 0.1) is 0 Å². The molecule has 0 heterocycles. The van der Waals surface area contributed by atoms with E-state index in [1.807, 2.05) is 34.9 Å². The molecule has 0 radical (unpaired) electrons. The largest absolute Gasteiger partial charge is 0.444 e. The Balaban J connectivity index is 2.18. The van der Waals surface area contributed by atoms with E-state index in [4.69, 9.17) is 4.74 Å². The fourth-order valence-corrected chi connectivity index (χ4v) is 1.71. The maximum absolute atomic E-state index is 11.4. The first-order chi connectivity index (χ1) is 9.78. The predicted octanol–water partition coefficient (Wildman–Crippen LogP) is 2.37. The minimum Gasteiger partial charge on any atom is -0.444 e. The Bertz CT molecular complexity index is 436. The van der Waals surface area contributed by atoms with Crippen LogP contribution in [0.2, 0.25) is 0 Å². The Morgan fingerprint density at radius 1 is 1.14 bits per heavy atom. The lowest BCUT2D eigenvalue weighted by Gasteiger charge is -2.19. The molecule has 5 nitrogen and oxygen atoms in total. The van der Waals surface area contributed by atoms with Crippen LogP contribution in [0.1, 0.15) is 26.3 Å². The molecule has 0 bridgehead atoms. The SMILES string of the molecule is CN(C)c1ccc(CNCCNC(=O)OC(C)(C)C)cc1. The van der Waals surface area contributed by atoms with Crippen molar-refractivity contribution in [3.05, 3.63) is 29.8 Å². The first-order valence-corrected chi connectivity index (χ1v) is 7.22. The van der Waals surface area contributed by atoms with Gasteiger partial charge in [0.25, 0.3) is 0 Å². The summed E-state index contributed by atoms with van der Waals surface area (Å²) in [4.78, 5) is 13.5. The Hall–Kier alpha value is -1.75. The standard InChI is InChI=1S/C16H27N3O2/c1-16(2,3)21-15(20)18-11-10-17-12-13-6-8-14(9-7-13)19(4)5/h6-9,17H,10-12H2,1-5H3,(H,18,20). The minimum atomic E-state index is -0.453. The molecule has 1 rings (SSSR count). The zero-order chi connectivity index (χ0) is 15.9. The molecule has 2 N–H and O–H groups in total. The number of carbonyl (C=O) groups is 1. The highest BCUT2D eigenvalue weighted by Crippen LogP contribution is 2.11. The fourth-order valence-electron chi connectivity index (χ4n) is 1.71. The smallest absolute Gasteiger partial charge is 0.407 e. The van der Waals surface area contributed by atoms with Gasteiger partial charge in [-0.25, -0.2) is 4.79 Å². The van der Waals surface area contributed by atoms with E-state index in [1.54, 1.807) is 0 Å². The molecule has 0 aliphatic heterocycles. The molecular formula is C16H27N3O2. The Kier molecular flexibility index (Phi) is 6.49. The van der Waals surface area contributed by atoms with Gasteiger partial charge in [-0.15, -0.1) is 0 Å². The van der Waals surface area contributed by atoms with Crippen LogP contribution in [-0.4, -0.2) is 38.9 Å². The van der Waals surface area contributed by atoms with Crippen LogP contribution >= 0.6 is 0 Å². The molecule has 1 aromatic carbocycles. The van der Waals surface area contributed by atoms with E-state index in [0.717, 1.165) is 6.54 Å². The summed E-state index contributed by atoms with van der Waals surface area (Å²) in [7, 11) is 4.05. The third-order valence-electron chi connectivity index (χ3n) is 2.75. The summed E-state index contributed by atoms with van der Waals surface area (Å²) in [6, 6.07) is 8.39. The first-order valence-electron chi connectivity index (χ1n) is 7.22. The molecule has 1 aromatic rings. The van der Waals surface area contributed by atoms with E-state index < -0.39 is 5.60 Å². The van der Waals surface area contributed by atoms with Crippen molar-refractivity contribution in [2.45, 2.75) is 32.9 Å². The third-order valence-corrected chi connectivity index (χ3v) is 2.75. The predicted molar refractivity (Wildman–Crippen MR) is 86.7 cm³/mol. The second-order valence-electron chi connectivity index (χ2n) is 6.17. The molecule has 0 saturated heterocycles. The van der Waals surface area contributed by atoms with Crippen LogP contribution in [0.15, 0.2) is 24.3 Å². The highest BCUT2D eigenvalue weighted by atomic mass is 16.6. The zero-order valence-electron chi connectivity index (χ0n) is 13.7. The molecule has 0 saturated carbocycles. The number of anilines is 1. The number of nitrogens with one attached hydrogen (secondary N) is 2. The molecule has 5 heteroatoms. The van der Waals surface area contributed by atoms with E-state index >= 15 is 0 Å². The topological polar surface area (TPSA) is 53.6 Å². The normalized spacial score (nSPS) is 11.1. The molecule has 1 amide bonds. The number of ether oxygens (including phenoxy) is 1. The van der Waals surface area contributed by atoms with Crippen LogP contribution < -0.4 is 15.5 Å². The summed E-state index contributed by atoms with van der Waals surface area (Å²) in [6.07, 6.45) is -0.375. The lowest BCUT2D eigenvalue weighted by atomic mass is 10.2. The summed E-state index contributed by atoms with van der Waals surface area (Å²) >= 11 is 0. The zero-order valence-corrected chi connectivity index (χ0v) is 13.7. The number of benzene rings is 1.